The second-order valence-electron chi connectivity index (χ2n) is 15.3. The molecule has 60 heavy (non-hydrogen) atoms. The van der Waals surface area contributed by atoms with Crippen LogP contribution in [0.4, 0.5) is 17.1 Å². The highest BCUT2D eigenvalue weighted by Crippen LogP contribution is 2.51. The van der Waals surface area contributed by atoms with Crippen molar-refractivity contribution < 1.29 is 4.74 Å². The molecule has 282 valence electrons. The Morgan fingerprint density at radius 2 is 0.633 bits per heavy atom. The quantitative estimate of drug-likeness (QED) is 0.160. The first-order chi connectivity index (χ1) is 29.7. The molecular weight excluding hydrogens is 727 g/mol. The Hall–Kier alpha value is -7.94. The fourth-order valence-corrected chi connectivity index (χ4v) is 8.57. The fourth-order valence-electron chi connectivity index (χ4n) is 8.57. The summed E-state index contributed by atoms with van der Waals surface area (Å²) in [5, 5.41) is 2.33. The van der Waals surface area contributed by atoms with Crippen LogP contribution in [0.15, 0.2) is 237 Å². The van der Waals surface area contributed by atoms with E-state index in [1.54, 1.807) is 0 Å². The standard InChI is InChI=1S/C58H39NO/c1-4-12-40(13-5-1)42-20-22-44(23-21-42)45-28-31-51(32-29-45)59(50-18-8-3-9-19-50)52-33-35-54-53-34-30-49(46-26-24-43(25-27-46)41-14-6-2-7-15-41)36-55(53)56-37-47-16-10-11-17-48(47)38-57(56)60-58(54)39-52/h1-39H. The number of ether oxygens (including phenoxy) is 1. The van der Waals surface area contributed by atoms with Crippen LogP contribution in [0.3, 0.4) is 0 Å². The van der Waals surface area contributed by atoms with Crippen molar-refractivity contribution in [1.29, 1.82) is 0 Å². The van der Waals surface area contributed by atoms with Gasteiger partial charge in [0.1, 0.15) is 11.5 Å². The third kappa shape index (κ3) is 6.61. The van der Waals surface area contributed by atoms with Crippen LogP contribution in [0.25, 0.3) is 77.5 Å². The smallest absolute Gasteiger partial charge is 0.137 e. The summed E-state index contributed by atoms with van der Waals surface area (Å²) in [7, 11) is 0. The van der Waals surface area contributed by atoms with E-state index in [1.807, 2.05) is 0 Å². The summed E-state index contributed by atoms with van der Waals surface area (Å²) in [6.07, 6.45) is 0. The predicted molar refractivity (Wildman–Crippen MR) is 251 cm³/mol. The van der Waals surface area contributed by atoms with Gasteiger partial charge in [-0.2, -0.15) is 0 Å². The normalized spacial score (nSPS) is 11.5. The Labute approximate surface area is 350 Å². The molecule has 0 radical (unpaired) electrons. The third-order valence-corrected chi connectivity index (χ3v) is 11.7. The zero-order valence-electron chi connectivity index (χ0n) is 32.9. The van der Waals surface area contributed by atoms with Crippen molar-refractivity contribution in [3.05, 3.63) is 237 Å². The molecule has 0 atom stereocenters. The average Bonchev–Trinajstić information content (AvgIpc) is 3.45. The zero-order chi connectivity index (χ0) is 39.8. The van der Waals surface area contributed by atoms with E-state index in [0.717, 1.165) is 56.2 Å². The van der Waals surface area contributed by atoms with Crippen molar-refractivity contribution in [2.75, 3.05) is 4.90 Å². The van der Waals surface area contributed by atoms with Gasteiger partial charge >= 0.3 is 0 Å². The van der Waals surface area contributed by atoms with E-state index in [4.69, 9.17) is 4.74 Å². The van der Waals surface area contributed by atoms with Crippen LogP contribution in [-0.4, -0.2) is 0 Å². The lowest BCUT2D eigenvalue weighted by Gasteiger charge is -2.26. The number of nitrogens with zero attached hydrogens (tertiary/aromatic N) is 1. The number of rotatable bonds is 7. The van der Waals surface area contributed by atoms with Gasteiger partial charge < -0.3 is 9.64 Å². The molecule has 10 aromatic rings. The Morgan fingerprint density at radius 3 is 1.22 bits per heavy atom. The molecule has 0 bridgehead atoms. The molecule has 0 spiro atoms. The van der Waals surface area contributed by atoms with Crippen molar-refractivity contribution in [3.63, 3.8) is 0 Å². The molecule has 0 unspecified atom stereocenters. The molecule has 0 saturated carbocycles. The fraction of sp³-hybridized carbons (Fsp3) is 0. The molecule has 0 aromatic heterocycles. The Bertz CT molecular complexity index is 3120. The number of hydrogen-bond acceptors (Lipinski definition) is 2. The second kappa shape index (κ2) is 15.1. The summed E-state index contributed by atoms with van der Waals surface area (Å²) < 4.78 is 7.06. The molecule has 1 aliphatic heterocycles. The average molecular weight is 766 g/mol. The Morgan fingerprint density at radius 1 is 0.233 bits per heavy atom. The molecule has 11 rings (SSSR count). The van der Waals surface area contributed by atoms with E-state index in [2.05, 4.69) is 241 Å². The molecular formula is C58H39NO. The van der Waals surface area contributed by atoms with Gasteiger partial charge in [-0.25, -0.2) is 0 Å². The van der Waals surface area contributed by atoms with E-state index in [9.17, 15) is 0 Å². The first-order valence-corrected chi connectivity index (χ1v) is 20.5. The number of fused-ring (bicyclic) bond motifs is 6. The van der Waals surface area contributed by atoms with E-state index >= 15 is 0 Å². The van der Waals surface area contributed by atoms with E-state index in [-0.39, 0.29) is 0 Å². The Balaban J connectivity index is 0.991. The molecule has 1 heterocycles. The predicted octanol–water partition coefficient (Wildman–Crippen LogP) is 16.4. The summed E-state index contributed by atoms with van der Waals surface area (Å²) in [4.78, 5) is 2.31. The minimum absolute atomic E-state index is 0.818. The highest BCUT2D eigenvalue weighted by molar-refractivity contribution is 5.99. The molecule has 10 aromatic carbocycles. The molecule has 2 nitrogen and oxygen atoms in total. The van der Waals surface area contributed by atoms with Crippen LogP contribution >= 0.6 is 0 Å². The van der Waals surface area contributed by atoms with Gasteiger partial charge in [0.05, 0.1) is 0 Å². The van der Waals surface area contributed by atoms with Crippen molar-refractivity contribution >= 4 is 27.8 Å². The zero-order valence-corrected chi connectivity index (χ0v) is 32.9. The first-order valence-electron chi connectivity index (χ1n) is 20.5. The summed E-state index contributed by atoms with van der Waals surface area (Å²) >= 11 is 0. The first kappa shape index (κ1) is 35.2. The maximum Gasteiger partial charge on any atom is 0.137 e. The maximum absolute atomic E-state index is 7.06. The molecule has 0 aliphatic carbocycles. The highest BCUT2D eigenvalue weighted by atomic mass is 16.5. The van der Waals surface area contributed by atoms with E-state index in [1.165, 1.54) is 49.9 Å². The van der Waals surface area contributed by atoms with Gasteiger partial charge in [0.15, 0.2) is 0 Å². The van der Waals surface area contributed by atoms with Crippen LogP contribution < -0.4 is 9.64 Å². The molecule has 0 fully saturated rings. The van der Waals surface area contributed by atoms with Gasteiger partial charge in [-0.1, -0.05) is 176 Å². The lowest BCUT2D eigenvalue weighted by molar-refractivity contribution is 0.488. The lowest BCUT2D eigenvalue weighted by atomic mass is 9.89. The number of hydrogen-bond donors (Lipinski definition) is 0. The van der Waals surface area contributed by atoms with Crippen LogP contribution in [0.1, 0.15) is 0 Å². The number of benzene rings is 10. The van der Waals surface area contributed by atoms with Gasteiger partial charge in [0, 0.05) is 34.3 Å². The Kier molecular flexibility index (Phi) is 8.87. The minimum atomic E-state index is 0.818. The van der Waals surface area contributed by atoms with Gasteiger partial charge in [0.2, 0.25) is 0 Å². The SMILES string of the molecule is c1ccc(-c2ccc(-c3ccc(N(c4ccccc4)c4ccc5c(c4)Oc4cc6ccccc6cc4-c4cc(-c6ccc(-c7ccccc7)cc6)ccc4-5)cc3)cc2)cc1. The largest absolute Gasteiger partial charge is 0.456 e. The topological polar surface area (TPSA) is 12.5 Å². The van der Waals surface area contributed by atoms with Gasteiger partial charge in [-0.3, -0.25) is 0 Å². The summed E-state index contributed by atoms with van der Waals surface area (Å²) in [6, 6.07) is 84.7. The lowest BCUT2D eigenvalue weighted by Crippen LogP contribution is -2.10. The highest BCUT2D eigenvalue weighted by Gasteiger charge is 2.24. The molecule has 1 aliphatic rings. The van der Waals surface area contributed by atoms with Gasteiger partial charge in [0.25, 0.3) is 0 Å². The maximum atomic E-state index is 7.06. The molecule has 0 amide bonds. The number of anilines is 3. The monoisotopic (exact) mass is 765 g/mol. The van der Waals surface area contributed by atoms with Crippen LogP contribution in [0, 0.1) is 0 Å². The van der Waals surface area contributed by atoms with E-state index in [0.29, 0.717) is 0 Å². The summed E-state index contributed by atoms with van der Waals surface area (Å²) in [6.45, 7) is 0. The minimum Gasteiger partial charge on any atom is -0.456 e. The van der Waals surface area contributed by atoms with Crippen molar-refractivity contribution in [3.8, 4) is 78.3 Å². The molecule has 2 heteroatoms. The van der Waals surface area contributed by atoms with Gasteiger partial charge in [-0.15, -0.1) is 0 Å². The third-order valence-electron chi connectivity index (χ3n) is 11.7. The van der Waals surface area contributed by atoms with Gasteiger partial charge in [-0.05, 0) is 121 Å². The van der Waals surface area contributed by atoms with Crippen LogP contribution in [-0.2, 0) is 0 Å². The molecule has 0 saturated heterocycles. The summed E-state index contributed by atoms with van der Waals surface area (Å²) in [5.41, 5.74) is 17.1. The van der Waals surface area contributed by atoms with Crippen molar-refractivity contribution in [1.82, 2.24) is 0 Å². The van der Waals surface area contributed by atoms with Crippen LogP contribution in [0.5, 0.6) is 11.5 Å². The van der Waals surface area contributed by atoms with Crippen LogP contribution in [0.2, 0.25) is 0 Å². The summed E-state index contributed by atoms with van der Waals surface area (Å²) in [5.74, 6) is 1.66. The van der Waals surface area contributed by atoms with E-state index < -0.39 is 0 Å². The number of para-hydroxylation sites is 1. The van der Waals surface area contributed by atoms with Crippen molar-refractivity contribution in [2.45, 2.75) is 0 Å². The van der Waals surface area contributed by atoms with Crippen molar-refractivity contribution in [2.24, 2.45) is 0 Å². The molecule has 0 N–H and O–H groups in total. The second-order valence-corrected chi connectivity index (χ2v) is 15.3.